The molecule has 6 heteroatoms. The fraction of sp³-hybridized carbons (Fsp3) is 0.0667. The summed E-state index contributed by atoms with van der Waals surface area (Å²) in [6, 6.07) is 10.1. The van der Waals surface area contributed by atoms with Gasteiger partial charge in [-0.25, -0.2) is 0 Å². The molecule has 0 amide bonds. The van der Waals surface area contributed by atoms with Gasteiger partial charge in [0.25, 0.3) is 0 Å². The number of benzene rings is 2. The summed E-state index contributed by atoms with van der Waals surface area (Å²) in [5.74, 6) is -0.860. The Hall–Kier alpha value is -2.08. The molecule has 108 valence electrons. The molecule has 0 saturated carbocycles. The zero-order valence-corrected chi connectivity index (χ0v) is 11.4. The first-order chi connectivity index (χ1) is 9.82. The zero-order chi connectivity index (χ0) is 15.6. The number of carbonyl (C=O) groups is 2. The Morgan fingerprint density at radius 1 is 0.810 bits per heavy atom. The number of carbonyl (C=O) groups excluding carboxylic acids is 2. The van der Waals surface area contributed by atoms with Crippen LogP contribution >= 0.6 is 12.6 Å². The molecular weight excluding hydrogens is 301 g/mol. The van der Waals surface area contributed by atoms with Gasteiger partial charge < -0.3 is 0 Å². The molecule has 0 aromatic heterocycles. The summed E-state index contributed by atoms with van der Waals surface area (Å²) < 4.78 is 38.8. The van der Waals surface area contributed by atoms with Gasteiger partial charge in [0.05, 0.1) is 5.56 Å². The normalized spacial score (nSPS) is 11.2. The van der Waals surface area contributed by atoms with Crippen LogP contribution in [-0.4, -0.2) is 10.9 Å². The zero-order valence-electron chi connectivity index (χ0n) is 10.5. The molecule has 0 spiro atoms. The van der Waals surface area contributed by atoms with Crippen LogP contribution in [0.2, 0.25) is 0 Å². The van der Waals surface area contributed by atoms with Gasteiger partial charge in [-0.2, -0.15) is 13.2 Å². The lowest BCUT2D eigenvalue weighted by Crippen LogP contribution is -2.15. The van der Waals surface area contributed by atoms with Crippen LogP contribution < -0.4 is 0 Å². The Kier molecular flexibility index (Phi) is 4.18. The van der Waals surface area contributed by atoms with E-state index in [1.54, 1.807) is 0 Å². The minimum Gasteiger partial charge on any atom is -0.289 e. The summed E-state index contributed by atoms with van der Waals surface area (Å²) in [6.07, 6.45) is -4.65. The predicted molar refractivity (Wildman–Crippen MR) is 74.6 cm³/mol. The van der Waals surface area contributed by atoms with Crippen molar-refractivity contribution in [3.63, 3.8) is 0 Å². The van der Waals surface area contributed by atoms with Crippen LogP contribution in [0.4, 0.5) is 13.2 Å². The lowest BCUT2D eigenvalue weighted by atomic mass is 9.95. The molecule has 0 heterocycles. The summed E-state index contributed by atoms with van der Waals surface area (Å²) >= 11 is 3.63. The lowest BCUT2D eigenvalue weighted by molar-refractivity contribution is -0.137. The van der Waals surface area contributed by atoms with Gasteiger partial charge in [-0.1, -0.05) is 36.4 Å². The molecule has 0 aliphatic rings. The third-order valence-corrected chi connectivity index (χ3v) is 3.12. The molecule has 0 bridgehead atoms. The van der Waals surface area contributed by atoms with Crippen LogP contribution in [0.25, 0.3) is 0 Å². The molecular formula is C15H9F3O2S. The number of hydrogen-bond donors (Lipinski definition) is 1. The van der Waals surface area contributed by atoms with Crippen LogP contribution in [0.3, 0.4) is 0 Å². The number of alkyl halides is 3. The maximum atomic E-state index is 12.9. The summed E-state index contributed by atoms with van der Waals surface area (Å²) in [7, 11) is 0. The van der Waals surface area contributed by atoms with E-state index < -0.39 is 28.2 Å². The van der Waals surface area contributed by atoms with Crippen LogP contribution in [0.5, 0.6) is 0 Å². The van der Waals surface area contributed by atoms with E-state index in [1.807, 2.05) is 0 Å². The Bertz CT molecular complexity index is 708. The van der Waals surface area contributed by atoms with E-state index in [1.165, 1.54) is 36.4 Å². The van der Waals surface area contributed by atoms with Crippen molar-refractivity contribution in [3.8, 4) is 0 Å². The predicted octanol–water partition coefficient (Wildman–Crippen LogP) is 4.01. The third kappa shape index (κ3) is 3.16. The van der Waals surface area contributed by atoms with Crippen molar-refractivity contribution in [1.29, 1.82) is 0 Å². The molecule has 0 atom stereocenters. The van der Waals surface area contributed by atoms with Crippen molar-refractivity contribution in [2.75, 3.05) is 0 Å². The Balaban J connectivity index is 2.60. The highest BCUT2D eigenvalue weighted by atomic mass is 32.1. The molecule has 2 rings (SSSR count). The van der Waals surface area contributed by atoms with Crippen LogP contribution in [0.15, 0.2) is 48.5 Å². The molecule has 2 aromatic rings. The van der Waals surface area contributed by atoms with E-state index in [9.17, 15) is 22.8 Å². The highest BCUT2D eigenvalue weighted by molar-refractivity contribution is 7.97. The Morgan fingerprint density at radius 3 is 1.81 bits per heavy atom. The van der Waals surface area contributed by atoms with Crippen molar-refractivity contribution in [3.05, 3.63) is 70.8 Å². The molecule has 0 saturated heterocycles. The summed E-state index contributed by atoms with van der Waals surface area (Å²) in [4.78, 5) is 23.7. The quantitative estimate of drug-likeness (QED) is 0.686. The maximum absolute atomic E-state index is 12.9. The Labute approximate surface area is 124 Å². The van der Waals surface area contributed by atoms with Gasteiger partial charge in [-0.15, -0.1) is 12.6 Å². The molecule has 0 unspecified atom stereocenters. The number of ketones is 1. The first kappa shape index (κ1) is 15.3. The minimum atomic E-state index is -4.65. The highest BCUT2D eigenvalue weighted by Crippen LogP contribution is 2.33. The van der Waals surface area contributed by atoms with Crippen molar-refractivity contribution >= 4 is 23.5 Å². The van der Waals surface area contributed by atoms with E-state index in [4.69, 9.17) is 0 Å². The standard InChI is InChI=1S/C15H9F3O2S/c16-15(17,18)12-8-4-3-7-11(12)13(19)9-5-1-2-6-10(9)14(20)21/h1-8H,(H,20,21). The van der Waals surface area contributed by atoms with E-state index in [-0.39, 0.29) is 11.1 Å². The largest absolute Gasteiger partial charge is 0.417 e. The van der Waals surface area contributed by atoms with Gasteiger partial charge in [0.15, 0.2) is 5.78 Å². The molecule has 0 fully saturated rings. The number of hydrogen-bond acceptors (Lipinski definition) is 2. The molecule has 2 nitrogen and oxygen atoms in total. The molecule has 0 N–H and O–H groups in total. The number of halogens is 3. The summed E-state index contributed by atoms with van der Waals surface area (Å²) in [5.41, 5.74) is -1.65. The highest BCUT2D eigenvalue weighted by Gasteiger charge is 2.35. The van der Waals surface area contributed by atoms with Gasteiger partial charge >= 0.3 is 6.18 Å². The van der Waals surface area contributed by atoms with Crippen LogP contribution in [0, 0.1) is 0 Å². The molecule has 21 heavy (non-hydrogen) atoms. The van der Waals surface area contributed by atoms with Gasteiger partial charge in [0.1, 0.15) is 0 Å². The van der Waals surface area contributed by atoms with E-state index in [2.05, 4.69) is 12.6 Å². The maximum Gasteiger partial charge on any atom is 0.417 e. The van der Waals surface area contributed by atoms with Gasteiger partial charge in [0.2, 0.25) is 5.12 Å². The fourth-order valence-corrected chi connectivity index (χ4v) is 2.14. The van der Waals surface area contributed by atoms with E-state index in [0.717, 1.165) is 12.1 Å². The minimum absolute atomic E-state index is 0.0252. The van der Waals surface area contributed by atoms with E-state index >= 15 is 0 Å². The second-order valence-electron chi connectivity index (χ2n) is 4.22. The summed E-state index contributed by atoms with van der Waals surface area (Å²) in [6.45, 7) is 0. The second kappa shape index (κ2) is 5.73. The summed E-state index contributed by atoms with van der Waals surface area (Å²) in [5, 5.41) is -0.677. The first-order valence-corrected chi connectivity index (χ1v) is 6.30. The van der Waals surface area contributed by atoms with Crippen molar-refractivity contribution in [2.24, 2.45) is 0 Å². The molecule has 2 aromatic carbocycles. The van der Waals surface area contributed by atoms with Gasteiger partial charge in [-0.3, -0.25) is 9.59 Å². The van der Waals surface area contributed by atoms with Crippen molar-refractivity contribution in [1.82, 2.24) is 0 Å². The topological polar surface area (TPSA) is 34.1 Å². The fourth-order valence-electron chi connectivity index (χ4n) is 1.94. The van der Waals surface area contributed by atoms with Crippen molar-refractivity contribution in [2.45, 2.75) is 6.18 Å². The SMILES string of the molecule is O=C(S)c1ccccc1C(=O)c1ccccc1C(F)(F)F. The Morgan fingerprint density at radius 2 is 1.29 bits per heavy atom. The second-order valence-corrected chi connectivity index (χ2v) is 4.63. The monoisotopic (exact) mass is 310 g/mol. The molecule has 0 aliphatic carbocycles. The van der Waals surface area contributed by atoms with Crippen LogP contribution in [-0.2, 0) is 6.18 Å². The number of thiol groups is 1. The smallest absolute Gasteiger partial charge is 0.289 e. The first-order valence-electron chi connectivity index (χ1n) is 5.85. The van der Waals surface area contributed by atoms with Gasteiger partial charge in [-0.05, 0) is 12.1 Å². The average molecular weight is 310 g/mol. The lowest BCUT2D eigenvalue weighted by Gasteiger charge is -2.12. The van der Waals surface area contributed by atoms with E-state index in [0.29, 0.717) is 0 Å². The van der Waals surface area contributed by atoms with Crippen LogP contribution in [0.1, 0.15) is 31.8 Å². The van der Waals surface area contributed by atoms with Gasteiger partial charge in [0, 0.05) is 16.7 Å². The molecule has 0 radical (unpaired) electrons. The average Bonchev–Trinajstić information content (AvgIpc) is 2.45. The molecule has 0 aliphatic heterocycles. The number of rotatable bonds is 3. The van der Waals surface area contributed by atoms with Crippen molar-refractivity contribution < 1.29 is 22.8 Å². The third-order valence-electron chi connectivity index (χ3n) is 2.88.